The lowest BCUT2D eigenvalue weighted by molar-refractivity contribution is 0.0538. The number of nitrogens with one attached hydrogen (secondary N) is 1. The standard InChI is InChI=1S/C22H23N3O4S2/c1-16-4-8-18(9-5-16)29-19-3-2-13-25(15-19)21(26)17-6-10-20(11-7-17)31(27,28)24-22-23-12-14-30-22/h4-12,14,19H,2-3,13,15H2,1H3,(H,23,24). The number of aromatic nitrogens is 1. The van der Waals surface area contributed by atoms with Crippen molar-refractivity contribution in [3.63, 3.8) is 0 Å². The van der Waals surface area contributed by atoms with E-state index in [0.717, 1.165) is 18.6 Å². The smallest absolute Gasteiger partial charge is 0.263 e. The fourth-order valence-electron chi connectivity index (χ4n) is 3.44. The van der Waals surface area contributed by atoms with Gasteiger partial charge in [-0.1, -0.05) is 17.7 Å². The normalized spacial score (nSPS) is 16.7. The number of sulfonamides is 1. The van der Waals surface area contributed by atoms with Crippen LogP contribution in [0.2, 0.25) is 0 Å². The second-order valence-electron chi connectivity index (χ2n) is 7.41. The molecule has 0 saturated carbocycles. The predicted octanol–water partition coefficient (Wildman–Crippen LogP) is 3.94. The molecule has 4 rings (SSSR count). The first kappa shape index (κ1) is 21.3. The van der Waals surface area contributed by atoms with E-state index in [9.17, 15) is 13.2 Å². The fraction of sp³-hybridized carbons (Fsp3) is 0.273. The molecular weight excluding hydrogens is 434 g/mol. The summed E-state index contributed by atoms with van der Waals surface area (Å²) in [6.07, 6.45) is 3.20. The maximum Gasteiger partial charge on any atom is 0.263 e. The second kappa shape index (κ2) is 9.07. The summed E-state index contributed by atoms with van der Waals surface area (Å²) in [5.41, 5.74) is 1.62. The molecule has 2 aromatic carbocycles. The van der Waals surface area contributed by atoms with Gasteiger partial charge in [0, 0.05) is 23.7 Å². The Kier molecular flexibility index (Phi) is 6.24. The third-order valence-electron chi connectivity index (χ3n) is 5.05. The van der Waals surface area contributed by atoms with Gasteiger partial charge in [0.1, 0.15) is 11.9 Å². The third-order valence-corrected chi connectivity index (χ3v) is 7.23. The first-order valence-corrected chi connectivity index (χ1v) is 12.3. The first-order valence-electron chi connectivity index (χ1n) is 9.96. The maximum atomic E-state index is 13.0. The van der Waals surface area contributed by atoms with Crippen LogP contribution in [-0.2, 0) is 10.0 Å². The summed E-state index contributed by atoms with van der Waals surface area (Å²) >= 11 is 1.20. The number of carbonyl (C=O) groups is 1. The Balaban J connectivity index is 1.41. The van der Waals surface area contributed by atoms with E-state index in [-0.39, 0.29) is 16.9 Å². The molecular formula is C22H23N3O4S2. The topological polar surface area (TPSA) is 88.6 Å². The average Bonchev–Trinajstić information content (AvgIpc) is 3.27. The number of thiazole rings is 1. The third kappa shape index (κ3) is 5.23. The summed E-state index contributed by atoms with van der Waals surface area (Å²) in [5.74, 6) is 0.668. The van der Waals surface area contributed by atoms with Crippen molar-refractivity contribution in [3.8, 4) is 5.75 Å². The van der Waals surface area contributed by atoms with Gasteiger partial charge in [-0.15, -0.1) is 11.3 Å². The molecule has 31 heavy (non-hydrogen) atoms. The van der Waals surface area contributed by atoms with Crippen LogP contribution in [0.15, 0.2) is 65.0 Å². The highest BCUT2D eigenvalue weighted by atomic mass is 32.2. The van der Waals surface area contributed by atoms with Crippen LogP contribution in [0.4, 0.5) is 5.13 Å². The quantitative estimate of drug-likeness (QED) is 0.606. The van der Waals surface area contributed by atoms with E-state index in [1.807, 2.05) is 31.2 Å². The Morgan fingerprint density at radius 2 is 1.90 bits per heavy atom. The Hall–Kier alpha value is -2.91. The number of likely N-dealkylation sites (tertiary alicyclic amines) is 1. The van der Waals surface area contributed by atoms with Gasteiger partial charge >= 0.3 is 0 Å². The van der Waals surface area contributed by atoms with Crippen molar-refractivity contribution in [2.75, 3.05) is 17.8 Å². The van der Waals surface area contributed by atoms with Crippen LogP contribution in [0.3, 0.4) is 0 Å². The molecule has 1 aromatic heterocycles. The molecule has 0 bridgehead atoms. The van der Waals surface area contributed by atoms with E-state index in [2.05, 4.69) is 9.71 Å². The average molecular weight is 458 g/mol. The van der Waals surface area contributed by atoms with Crippen molar-refractivity contribution in [1.29, 1.82) is 0 Å². The minimum atomic E-state index is -3.74. The molecule has 162 valence electrons. The van der Waals surface area contributed by atoms with Gasteiger partial charge < -0.3 is 9.64 Å². The Morgan fingerprint density at radius 1 is 1.16 bits per heavy atom. The van der Waals surface area contributed by atoms with Crippen LogP contribution in [-0.4, -0.2) is 43.4 Å². The Labute approximate surface area is 185 Å². The van der Waals surface area contributed by atoms with Crippen molar-refractivity contribution in [2.24, 2.45) is 0 Å². The highest BCUT2D eigenvalue weighted by molar-refractivity contribution is 7.93. The molecule has 1 aliphatic rings. The van der Waals surface area contributed by atoms with Crippen molar-refractivity contribution in [2.45, 2.75) is 30.8 Å². The highest BCUT2D eigenvalue weighted by Gasteiger charge is 2.26. The molecule has 9 heteroatoms. The van der Waals surface area contributed by atoms with E-state index >= 15 is 0 Å². The Bertz CT molecular complexity index is 1130. The molecule has 1 amide bonds. The van der Waals surface area contributed by atoms with Crippen molar-refractivity contribution >= 4 is 32.4 Å². The molecule has 7 nitrogen and oxygen atoms in total. The van der Waals surface area contributed by atoms with Crippen LogP contribution < -0.4 is 9.46 Å². The van der Waals surface area contributed by atoms with Crippen LogP contribution in [0, 0.1) is 6.92 Å². The Morgan fingerprint density at radius 3 is 2.58 bits per heavy atom. The van der Waals surface area contributed by atoms with Crippen molar-refractivity contribution < 1.29 is 17.9 Å². The lowest BCUT2D eigenvalue weighted by Crippen LogP contribution is -2.44. The van der Waals surface area contributed by atoms with Gasteiger partial charge in [-0.25, -0.2) is 13.4 Å². The van der Waals surface area contributed by atoms with E-state index in [0.29, 0.717) is 23.8 Å². The molecule has 1 fully saturated rings. The number of piperidine rings is 1. The number of benzene rings is 2. The largest absolute Gasteiger partial charge is 0.489 e. The fourth-order valence-corrected chi connectivity index (χ4v) is 5.22. The number of hydrogen-bond donors (Lipinski definition) is 1. The molecule has 2 heterocycles. The summed E-state index contributed by atoms with van der Waals surface area (Å²) in [7, 11) is -3.74. The monoisotopic (exact) mass is 457 g/mol. The zero-order chi connectivity index (χ0) is 21.8. The summed E-state index contributed by atoms with van der Waals surface area (Å²) in [4.78, 5) is 18.7. The predicted molar refractivity (Wildman–Crippen MR) is 120 cm³/mol. The number of anilines is 1. The number of hydrogen-bond acceptors (Lipinski definition) is 6. The summed E-state index contributed by atoms with van der Waals surface area (Å²) in [5, 5.41) is 1.99. The summed E-state index contributed by atoms with van der Waals surface area (Å²) < 4.78 is 33.4. The number of ether oxygens (including phenoxy) is 1. The lowest BCUT2D eigenvalue weighted by Gasteiger charge is -2.33. The first-order chi connectivity index (χ1) is 14.9. The minimum Gasteiger partial charge on any atom is -0.489 e. The van der Waals surface area contributed by atoms with Gasteiger partial charge in [-0.3, -0.25) is 9.52 Å². The molecule has 0 aliphatic carbocycles. The maximum absolute atomic E-state index is 13.0. The summed E-state index contributed by atoms with van der Waals surface area (Å²) in [6.45, 7) is 3.17. The zero-order valence-electron chi connectivity index (χ0n) is 17.0. The van der Waals surface area contributed by atoms with Crippen LogP contribution in [0.1, 0.15) is 28.8 Å². The van der Waals surface area contributed by atoms with Gasteiger partial charge in [0.15, 0.2) is 5.13 Å². The van der Waals surface area contributed by atoms with Crippen LogP contribution in [0.5, 0.6) is 5.75 Å². The molecule has 0 radical (unpaired) electrons. The number of rotatable bonds is 6. The molecule has 0 spiro atoms. The zero-order valence-corrected chi connectivity index (χ0v) is 18.7. The van der Waals surface area contributed by atoms with Crippen molar-refractivity contribution in [1.82, 2.24) is 9.88 Å². The van der Waals surface area contributed by atoms with Crippen LogP contribution >= 0.6 is 11.3 Å². The molecule has 3 aromatic rings. The van der Waals surface area contributed by atoms with E-state index in [4.69, 9.17) is 4.74 Å². The summed E-state index contributed by atoms with van der Waals surface area (Å²) in [6, 6.07) is 13.8. The molecule has 1 N–H and O–H groups in total. The van der Waals surface area contributed by atoms with E-state index in [1.54, 1.807) is 22.4 Å². The minimum absolute atomic E-state index is 0.0671. The van der Waals surface area contributed by atoms with E-state index < -0.39 is 10.0 Å². The van der Waals surface area contributed by atoms with Crippen molar-refractivity contribution in [3.05, 3.63) is 71.2 Å². The van der Waals surface area contributed by atoms with Gasteiger partial charge in [-0.05, 0) is 56.2 Å². The van der Waals surface area contributed by atoms with E-state index in [1.165, 1.54) is 35.2 Å². The number of carbonyl (C=O) groups excluding carboxylic acids is 1. The highest BCUT2D eigenvalue weighted by Crippen LogP contribution is 2.22. The SMILES string of the molecule is Cc1ccc(OC2CCCN(C(=O)c3ccc(S(=O)(=O)Nc4nccs4)cc3)C2)cc1. The van der Waals surface area contributed by atoms with Gasteiger partial charge in [0.2, 0.25) is 0 Å². The molecule has 1 atom stereocenters. The van der Waals surface area contributed by atoms with Crippen LogP contribution in [0.25, 0.3) is 0 Å². The molecule has 1 saturated heterocycles. The van der Waals surface area contributed by atoms with Gasteiger partial charge in [0.25, 0.3) is 15.9 Å². The van der Waals surface area contributed by atoms with Gasteiger partial charge in [-0.2, -0.15) is 0 Å². The molecule has 1 unspecified atom stereocenters. The number of amides is 1. The van der Waals surface area contributed by atoms with Gasteiger partial charge in [0.05, 0.1) is 11.4 Å². The second-order valence-corrected chi connectivity index (χ2v) is 9.99. The number of nitrogens with zero attached hydrogens (tertiary/aromatic N) is 2. The number of aryl methyl sites for hydroxylation is 1. The lowest BCUT2D eigenvalue weighted by atomic mass is 10.1. The molecule has 1 aliphatic heterocycles.